The van der Waals surface area contributed by atoms with Gasteiger partial charge in [-0.2, -0.15) is 5.11 Å². The van der Waals surface area contributed by atoms with E-state index in [1.807, 2.05) is 31.4 Å². The summed E-state index contributed by atoms with van der Waals surface area (Å²) in [5.41, 5.74) is 1.08. The van der Waals surface area contributed by atoms with Gasteiger partial charge in [-0.1, -0.05) is 11.3 Å². The maximum atomic E-state index is 13.0. The number of imide groups is 1. The van der Waals surface area contributed by atoms with Crippen LogP contribution in [0.15, 0.2) is 63.8 Å². The zero-order valence-corrected chi connectivity index (χ0v) is 17.8. The molecule has 0 spiro atoms. The molecular formula is C21H21N5O4S. The van der Waals surface area contributed by atoms with Crippen LogP contribution in [0.1, 0.15) is 6.92 Å². The quantitative estimate of drug-likeness (QED) is 0.526. The highest BCUT2D eigenvalue weighted by Gasteiger charge is 2.55. The molecule has 4 rings (SSSR count). The fourth-order valence-corrected chi connectivity index (χ4v) is 3.97. The first-order valence-corrected chi connectivity index (χ1v) is 11.0. The van der Waals surface area contributed by atoms with E-state index in [4.69, 9.17) is 4.74 Å². The van der Waals surface area contributed by atoms with Crippen LogP contribution in [0.3, 0.4) is 0 Å². The summed E-state index contributed by atoms with van der Waals surface area (Å²) in [6.07, 6.45) is 1.95. The third-order valence-corrected chi connectivity index (χ3v) is 5.65. The number of hydrogen-bond donors (Lipinski definition) is 1. The summed E-state index contributed by atoms with van der Waals surface area (Å²) in [7, 11) is 0. The van der Waals surface area contributed by atoms with Gasteiger partial charge in [0.25, 0.3) is 11.8 Å². The van der Waals surface area contributed by atoms with Gasteiger partial charge in [-0.25, -0.2) is 4.90 Å². The lowest BCUT2D eigenvalue weighted by Gasteiger charge is -2.20. The minimum Gasteiger partial charge on any atom is -0.494 e. The minimum atomic E-state index is -0.952. The van der Waals surface area contributed by atoms with Gasteiger partial charge in [0, 0.05) is 10.6 Å². The van der Waals surface area contributed by atoms with Gasteiger partial charge in [0.15, 0.2) is 12.1 Å². The Bertz CT molecular complexity index is 1040. The van der Waals surface area contributed by atoms with Crippen LogP contribution < -0.4 is 15.0 Å². The van der Waals surface area contributed by atoms with E-state index < -0.39 is 23.9 Å². The summed E-state index contributed by atoms with van der Waals surface area (Å²) in [5.74, 6) is -0.619. The SMILES string of the molecule is CCOc1ccc(N2C(=O)[C@@H]3[C@@H](N=NN3CC(=O)Nc3cccc(SC)c3)C2=O)cc1. The lowest BCUT2D eigenvalue weighted by atomic mass is 10.1. The Morgan fingerprint density at radius 1 is 1.16 bits per heavy atom. The number of benzene rings is 2. The highest BCUT2D eigenvalue weighted by molar-refractivity contribution is 7.98. The van der Waals surface area contributed by atoms with Gasteiger partial charge in [-0.05, 0) is 55.6 Å². The summed E-state index contributed by atoms with van der Waals surface area (Å²) in [6.45, 7) is 2.20. The molecule has 2 aromatic rings. The van der Waals surface area contributed by atoms with Crippen LogP contribution in [0.5, 0.6) is 5.75 Å². The Labute approximate surface area is 183 Å². The van der Waals surface area contributed by atoms with E-state index in [0.717, 1.165) is 9.80 Å². The first kappa shape index (κ1) is 20.9. The molecule has 0 radical (unpaired) electrons. The second-order valence-corrected chi connectivity index (χ2v) is 7.79. The van der Waals surface area contributed by atoms with Crippen molar-refractivity contribution in [1.29, 1.82) is 0 Å². The summed E-state index contributed by atoms with van der Waals surface area (Å²) >= 11 is 1.57. The summed E-state index contributed by atoms with van der Waals surface area (Å²) < 4.78 is 5.40. The number of nitrogens with zero attached hydrogens (tertiary/aromatic N) is 4. The minimum absolute atomic E-state index is 0.190. The molecular weight excluding hydrogens is 418 g/mol. The smallest absolute Gasteiger partial charge is 0.263 e. The lowest BCUT2D eigenvalue weighted by Crippen LogP contribution is -2.43. The van der Waals surface area contributed by atoms with Gasteiger partial charge < -0.3 is 10.1 Å². The second-order valence-electron chi connectivity index (χ2n) is 6.91. The van der Waals surface area contributed by atoms with Gasteiger partial charge in [0.1, 0.15) is 12.3 Å². The summed E-state index contributed by atoms with van der Waals surface area (Å²) in [4.78, 5) is 40.4. The highest BCUT2D eigenvalue weighted by Crippen LogP contribution is 2.32. The molecule has 2 aliphatic heterocycles. The van der Waals surface area contributed by atoms with Gasteiger partial charge in [0.05, 0.1) is 12.3 Å². The van der Waals surface area contributed by atoms with E-state index in [9.17, 15) is 14.4 Å². The van der Waals surface area contributed by atoms with E-state index in [0.29, 0.717) is 23.7 Å². The fourth-order valence-electron chi connectivity index (χ4n) is 3.51. The number of carbonyl (C=O) groups excluding carboxylic acids is 3. The highest BCUT2D eigenvalue weighted by atomic mass is 32.2. The van der Waals surface area contributed by atoms with Crippen molar-refractivity contribution in [1.82, 2.24) is 5.01 Å². The van der Waals surface area contributed by atoms with Crippen molar-refractivity contribution in [3.8, 4) is 5.75 Å². The molecule has 3 amide bonds. The van der Waals surface area contributed by atoms with Crippen molar-refractivity contribution in [2.24, 2.45) is 10.3 Å². The predicted molar refractivity (Wildman–Crippen MR) is 116 cm³/mol. The number of anilines is 2. The van der Waals surface area contributed by atoms with E-state index in [1.165, 1.54) is 5.01 Å². The summed E-state index contributed by atoms with van der Waals surface area (Å²) in [5, 5.41) is 11.9. The molecule has 10 heteroatoms. The van der Waals surface area contributed by atoms with Gasteiger partial charge in [-0.15, -0.1) is 11.8 Å². The molecule has 0 unspecified atom stereocenters. The molecule has 0 bridgehead atoms. The Hall–Kier alpha value is -3.40. The van der Waals surface area contributed by atoms with Crippen molar-refractivity contribution in [2.45, 2.75) is 23.9 Å². The van der Waals surface area contributed by atoms with Crippen LogP contribution in [0.4, 0.5) is 11.4 Å². The molecule has 2 aromatic carbocycles. The van der Waals surface area contributed by atoms with E-state index in [2.05, 4.69) is 15.7 Å². The van der Waals surface area contributed by atoms with Crippen LogP contribution in [0, 0.1) is 0 Å². The number of hydrogen-bond acceptors (Lipinski definition) is 8. The van der Waals surface area contributed by atoms with Crippen molar-refractivity contribution in [3.63, 3.8) is 0 Å². The van der Waals surface area contributed by atoms with E-state index in [-0.39, 0.29) is 12.5 Å². The molecule has 0 aliphatic carbocycles. The third-order valence-electron chi connectivity index (χ3n) is 4.92. The molecule has 0 aromatic heterocycles. The summed E-state index contributed by atoms with van der Waals surface area (Å²) in [6, 6.07) is 12.2. The Morgan fingerprint density at radius 3 is 2.65 bits per heavy atom. The molecule has 2 atom stereocenters. The van der Waals surface area contributed by atoms with Crippen molar-refractivity contribution in [3.05, 3.63) is 48.5 Å². The lowest BCUT2D eigenvalue weighted by molar-refractivity contribution is -0.123. The number of fused-ring (bicyclic) bond motifs is 1. The van der Waals surface area contributed by atoms with Crippen LogP contribution in [-0.2, 0) is 14.4 Å². The average molecular weight is 439 g/mol. The number of carbonyl (C=O) groups is 3. The van der Waals surface area contributed by atoms with Gasteiger partial charge in [-0.3, -0.25) is 19.4 Å². The number of thioether (sulfide) groups is 1. The molecule has 1 fully saturated rings. The zero-order valence-electron chi connectivity index (χ0n) is 17.0. The molecule has 9 nitrogen and oxygen atoms in total. The van der Waals surface area contributed by atoms with Crippen molar-refractivity contribution < 1.29 is 19.1 Å². The van der Waals surface area contributed by atoms with Crippen LogP contribution >= 0.6 is 11.8 Å². The maximum absolute atomic E-state index is 13.0. The Kier molecular flexibility index (Phi) is 5.90. The Morgan fingerprint density at radius 2 is 1.94 bits per heavy atom. The topological polar surface area (TPSA) is 104 Å². The fraction of sp³-hybridized carbons (Fsp3) is 0.286. The largest absolute Gasteiger partial charge is 0.494 e. The van der Waals surface area contributed by atoms with Gasteiger partial charge in [0.2, 0.25) is 5.91 Å². The molecule has 0 saturated carbocycles. The number of nitrogens with one attached hydrogen (secondary N) is 1. The average Bonchev–Trinajstić information content (AvgIpc) is 3.28. The molecule has 31 heavy (non-hydrogen) atoms. The van der Waals surface area contributed by atoms with E-state index >= 15 is 0 Å². The van der Waals surface area contributed by atoms with Gasteiger partial charge >= 0.3 is 0 Å². The first-order valence-electron chi connectivity index (χ1n) is 9.74. The van der Waals surface area contributed by atoms with Crippen molar-refractivity contribution >= 4 is 40.9 Å². The predicted octanol–water partition coefficient (Wildman–Crippen LogP) is 2.74. The molecule has 160 valence electrons. The number of amides is 3. The monoisotopic (exact) mass is 439 g/mol. The molecule has 1 saturated heterocycles. The standard InChI is InChI=1S/C21H21N5O4S/c1-3-30-15-9-7-14(8-10-15)26-20(28)18-19(21(26)29)25(24-23-18)12-17(27)22-13-5-4-6-16(11-13)31-2/h4-11,18-19H,3,12H2,1-2H3,(H,22,27)/t18-,19+/m1/s1. The molecule has 2 heterocycles. The second kappa shape index (κ2) is 8.76. The normalized spacial score (nSPS) is 19.7. The third kappa shape index (κ3) is 4.11. The van der Waals surface area contributed by atoms with Crippen molar-refractivity contribution in [2.75, 3.05) is 29.6 Å². The molecule has 1 N–H and O–H groups in total. The Balaban J connectivity index is 1.45. The number of rotatable bonds is 7. The zero-order chi connectivity index (χ0) is 22.0. The van der Waals surface area contributed by atoms with E-state index in [1.54, 1.807) is 42.1 Å². The maximum Gasteiger partial charge on any atom is 0.263 e. The van der Waals surface area contributed by atoms with Crippen LogP contribution in [0.2, 0.25) is 0 Å². The molecule has 2 aliphatic rings. The number of ether oxygens (including phenoxy) is 1. The first-order chi connectivity index (χ1) is 15.0. The van der Waals surface area contributed by atoms with Crippen LogP contribution in [-0.4, -0.2) is 54.2 Å². The van der Waals surface area contributed by atoms with Crippen LogP contribution in [0.25, 0.3) is 0 Å².